The van der Waals surface area contributed by atoms with E-state index in [1.165, 1.54) is 10.4 Å². The molecule has 1 heterocycles. The maximum Gasteiger partial charge on any atom is 0.416 e. The summed E-state index contributed by atoms with van der Waals surface area (Å²) in [7, 11) is -3.05. The Morgan fingerprint density at radius 1 is 1.00 bits per heavy atom. The van der Waals surface area contributed by atoms with E-state index >= 15 is 0 Å². The molecule has 1 saturated heterocycles. The largest absolute Gasteiger partial charge is 0.491 e. The van der Waals surface area contributed by atoms with Crippen LogP contribution in [0.15, 0.2) is 72.8 Å². The summed E-state index contributed by atoms with van der Waals surface area (Å²) in [6, 6.07) is 18.4. The quantitative estimate of drug-likeness (QED) is 0.146. The molecular formula is C32H41ClF3N3O5S. The van der Waals surface area contributed by atoms with Gasteiger partial charge in [0.15, 0.2) is 0 Å². The standard InChI is InChI=1S/C32H40F3N3O5S.ClH/c1-22(2)43-28-18-25(17-27(19-28)38-13-6-7-14-44(38,41)42)31(40)37-29(16-23-9-4-3-5-10-23)30(39)21-36-20-24-11-8-12-26(15-24)32(33,34)35;/h3-5,8-12,15,17-19,22,29-30,36,39,41-42H,6-7,13-14,16,20-21H2,1-2H3,(H,37,40);1H/t29-,30+;/m0./s1. The minimum Gasteiger partial charge on any atom is -0.491 e. The van der Waals surface area contributed by atoms with Gasteiger partial charge in [-0.25, -0.2) is 0 Å². The van der Waals surface area contributed by atoms with Crippen molar-refractivity contribution in [3.05, 3.63) is 95.1 Å². The normalized spacial score (nSPS) is 16.8. The number of anilines is 1. The Kier molecular flexibility index (Phi) is 13.0. The van der Waals surface area contributed by atoms with Gasteiger partial charge in [0.05, 0.1) is 35.3 Å². The number of nitrogens with zero attached hydrogens (tertiary/aromatic N) is 1. The summed E-state index contributed by atoms with van der Waals surface area (Å²) in [4.78, 5) is 13.7. The highest BCUT2D eigenvalue weighted by molar-refractivity contribution is 8.25. The van der Waals surface area contributed by atoms with Crippen molar-refractivity contribution in [2.75, 3.05) is 23.1 Å². The van der Waals surface area contributed by atoms with E-state index in [1.54, 1.807) is 24.3 Å². The molecule has 1 aliphatic rings. The van der Waals surface area contributed by atoms with Gasteiger partial charge < -0.3 is 20.5 Å². The van der Waals surface area contributed by atoms with Crippen LogP contribution in [-0.2, 0) is 19.1 Å². The number of ether oxygens (including phenoxy) is 1. The first-order valence-electron chi connectivity index (χ1n) is 14.6. The van der Waals surface area contributed by atoms with Crippen LogP contribution in [0.25, 0.3) is 0 Å². The molecule has 1 aliphatic heterocycles. The van der Waals surface area contributed by atoms with Crippen molar-refractivity contribution in [3.8, 4) is 5.75 Å². The lowest BCUT2D eigenvalue weighted by Gasteiger charge is -2.47. The summed E-state index contributed by atoms with van der Waals surface area (Å²) in [6.45, 7) is 4.21. The van der Waals surface area contributed by atoms with Crippen molar-refractivity contribution in [3.63, 3.8) is 0 Å². The summed E-state index contributed by atoms with van der Waals surface area (Å²) in [5, 5.41) is 17.1. The SMILES string of the molecule is CC(C)Oc1cc(C(=O)N[C@@H](Cc2ccccc2)[C@H](O)CNCc2cccc(C(F)(F)F)c2)cc(N2CCCCS2(O)O)c1.Cl. The molecule has 248 valence electrons. The van der Waals surface area contributed by atoms with Gasteiger partial charge >= 0.3 is 6.18 Å². The molecule has 2 atom stereocenters. The van der Waals surface area contributed by atoms with Gasteiger partial charge in [0, 0.05) is 31.3 Å². The maximum absolute atomic E-state index is 13.7. The third-order valence-corrected chi connectivity index (χ3v) is 9.15. The van der Waals surface area contributed by atoms with E-state index in [1.807, 2.05) is 44.2 Å². The lowest BCUT2D eigenvalue weighted by atomic mass is 10.00. The third kappa shape index (κ3) is 10.5. The zero-order valence-electron chi connectivity index (χ0n) is 25.2. The monoisotopic (exact) mass is 671 g/mol. The fourth-order valence-corrected chi connectivity index (χ4v) is 6.75. The molecule has 4 rings (SSSR count). The molecule has 3 aromatic carbocycles. The number of benzene rings is 3. The Morgan fingerprint density at radius 2 is 1.71 bits per heavy atom. The number of hydrogen-bond acceptors (Lipinski definition) is 7. The molecule has 0 saturated carbocycles. The second kappa shape index (κ2) is 16.0. The summed E-state index contributed by atoms with van der Waals surface area (Å²) >= 11 is 0. The highest BCUT2D eigenvalue weighted by Crippen LogP contribution is 2.50. The minimum absolute atomic E-state index is 0. The van der Waals surface area contributed by atoms with Gasteiger partial charge in [-0.2, -0.15) is 13.2 Å². The predicted octanol–water partition coefficient (Wildman–Crippen LogP) is 6.67. The fourth-order valence-electron chi connectivity index (χ4n) is 5.07. The molecule has 3 aromatic rings. The van der Waals surface area contributed by atoms with Crippen LogP contribution in [0, 0.1) is 0 Å². The van der Waals surface area contributed by atoms with Crippen LogP contribution in [0.5, 0.6) is 5.75 Å². The number of carbonyl (C=O) groups excluding carboxylic acids is 1. The zero-order chi connectivity index (χ0) is 31.9. The van der Waals surface area contributed by atoms with Gasteiger partial charge in [0.25, 0.3) is 5.91 Å². The van der Waals surface area contributed by atoms with Gasteiger partial charge in [-0.3, -0.25) is 18.2 Å². The van der Waals surface area contributed by atoms with Crippen molar-refractivity contribution in [2.24, 2.45) is 0 Å². The number of halogens is 4. The Morgan fingerprint density at radius 3 is 2.38 bits per heavy atom. The average molecular weight is 672 g/mol. The number of amides is 1. The van der Waals surface area contributed by atoms with E-state index in [0.29, 0.717) is 36.4 Å². The second-order valence-electron chi connectivity index (χ2n) is 11.2. The molecule has 8 nitrogen and oxygen atoms in total. The highest BCUT2D eigenvalue weighted by Gasteiger charge is 2.31. The van der Waals surface area contributed by atoms with Gasteiger partial charge in [0.2, 0.25) is 0 Å². The molecule has 0 unspecified atom stereocenters. The van der Waals surface area contributed by atoms with Crippen LogP contribution in [0.2, 0.25) is 0 Å². The first kappa shape index (κ1) is 36.5. The van der Waals surface area contributed by atoms with Crippen LogP contribution in [0.3, 0.4) is 0 Å². The van der Waals surface area contributed by atoms with E-state index < -0.39 is 40.6 Å². The smallest absolute Gasteiger partial charge is 0.416 e. The fraction of sp³-hybridized carbons (Fsp3) is 0.406. The summed E-state index contributed by atoms with van der Waals surface area (Å²) in [6.07, 6.45) is -3.99. The molecule has 0 spiro atoms. The number of rotatable bonds is 12. The predicted molar refractivity (Wildman–Crippen MR) is 174 cm³/mol. The van der Waals surface area contributed by atoms with Crippen molar-refractivity contribution >= 4 is 34.8 Å². The van der Waals surface area contributed by atoms with E-state index in [4.69, 9.17) is 4.74 Å². The molecule has 0 aliphatic carbocycles. The Hall–Kier alpha value is -3.00. The number of alkyl halides is 3. The Balaban J connectivity index is 0.00000552. The Labute approximate surface area is 269 Å². The molecule has 0 radical (unpaired) electrons. The van der Waals surface area contributed by atoms with Crippen molar-refractivity contribution in [1.82, 2.24) is 10.6 Å². The second-order valence-corrected chi connectivity index (χ2v) is 13.3. The summed E-state index contributed by atoms with van der Waals surface area (Å²) < 4.78 is 68.2. The lowest BCUT2D eigenvalue weighted by molar-refractivity contribution is -0.137. The van der Waals surface area contributed by atoms with Crippen molar-refractivity contribution in [1.29, 1.82) is 0 Å². The first-order chi connectivity index (χ1) is 20.8. The van der Waals surface area contributed by atoms with Crippen LogP contribution in [0.1, 0.15) is 53.7 Å². The van der Waals surface area contributed by atoms with Crippen LogP contribution < -0.4 is 19.7 Å². The average Bonchev–Trinajstić information content (AvgIpc) is 2.96. The number of aliphatic hydroxyl groups excluding tert-OH is 1. The van der Waals surface area contributed by atoms with E-state index in [-0.39, 0.29) is 42.9 Å². The van der Waals surface area contributed by atoms with Crippen LogP contribution in [-0.4, -0.2) is 57.2 Å². The molecule has 0 bridgehead atoms. The molecule has 5 N–H and O–H groups in total. The summed E-state index contributed by atoms with van der Waals surface area (Å²) in [5.41, 5.74) is 1.21. The number of hydrogen-bond donors (Lipinski definition) is 5. The maximum atomic E-state index is 13.7. The van der Waals surface area contributed by atoms with Gasteiger partial charge in [-0.05, 0) is 62.4 Å². The van der Waals surface area contributed by atoms with Gasteiger partial charge in [0.1, 0.15) is 5.75 Å². The number of nitrogens with one attached hydrogen (secondary N) is 2. The van der Waals surface area contributed by atoms with Crippen LogP contribution in [0.4, 0.5) is 18.9 Å². The van der Waals surface area contributed by atoms with Crippen LogP contribution >= 0.6 is 23.2 Å². The lowest BCUT2D eigenvalue weighted by Crippen LogP contribution is -2.48. The highest BCUT2D eigenvalue weighted by atomic mass is 35.5. The van der Waals surface area contributed by atoms with Gasteiger partial charge in [-0.1, -0.05) is 48.5 Å². The minimum atomic E-state index is -4.46. The topological polar surface area (TPSA) is 114 Å². The number of carbonyl (C=O) groups is 1. The molecule has 13 heteroatoms. The molecular weight excluding hydrogens is 631 g/mol. The zero-order valence-corrected chi connectivity index (χ0v) is 26.8. The molecule has 0 aromatic heterocycles. The summed E-state index contributed by atoms with van der Waals surface area (Å²) in [5.74, 6) is 0.140. The Bertz CT molecular complexity index is 1400. The first-order valence-corrected chi connectivity index (χ1v) is 16.2. The van der Waals surface area contributed by atoms with E-state index in [2.05, 4.69) is 10.6 Å². The van der Waals surface area contributed by atoms with Gasteiger partial charge in [-0.15, -0.1) is 23.2 Å². The van der Waals surface area contributed by atoms with Crippen molar-refractivity contribution < 1.29 is 36.9 Å². The molecule has 45 heavy (non-hydrogen) atoms. The van der Waals surface area contributed by atoms with E-state index in [9.17, 15) is 32.2 Å². The van der Waals surface area contributed by atoms with E-state index in [0.717, 1.165) is 24.1 Å². The molecule has 1 amide bonds. The van der Waals surface area contributed by atoms with Crippen molar-refractivity contribution in [2.45, 2.75) is 64.1 Å². The number of aliphatic hydroxyl groups is 1. The molecule has 1 fully saturated rings. The third-order valence-electron chi connectivity index (χ3n) is 7.21.